The topological polar surface area (TPSA) is 121 Å². The number of piperidine rings is 1. The summed E-state index contributed by atoms with van der Waals surface area (Å²) >= 11 is 1.49. The average Bonchev–Trinajstić information content (AvgIpc) is 3.70. The Morgan fingerprint density at radius 3 is 2.87 bits per heavy atom. The van der Waals surface area contributed by atoms with E-state index >= 15 is 0 Å². The second-order valence-corrected chi connectivity index (χ2v) is 12.7. The van der Waals surface area contributed by atoms with Crippen molar-refractivity contribution in [3.63, 3.8) is 0 Å². The SMILES string of the molecule is Cc1cc(N2CC[C@@H](C)[C@@H](N(C)c3ncnc4[nH]ccc34)C2)n2nc(SCc3cc(=O)oc4c3ccc3ccccc34)nc2n1. The van der Waals surface area contributed by atoms with Gasteiger partial charge in [-0.05, 0) is 36.3 Å². The van der Waals surface area contributed by atoms with Crippen molar-refractivity contribution in [1.29, 1.82) is 0 Å². The molecule has 1 aliphatic heterocycles. The molecule has 1 saturated heterocycles. The van der Waals surface area contributed by atoms with Crippen LogP contribution in [0.2, 0.25) is 0 Å². The highest BCUT2D eigenvalue weighted by Crippen LogP contribution is 2.33. The van der Waals surface area contributed by atoms with Gasteiger partial charge in [0.2, 0.25) is 5.16 Å². The lowest BCUT2D eigenvalue weighted by Crippen LogP contribution is -2.51. The van der Waals surface area contributed by atoms with Crippen molar-refractivity contribution in [3.8, 4) is 0 Å². The summed E-state index contributed by atoms with van der Waals surface area (Å²) in [6.07, 6.45) is 4.54. The Balaban J connectivity index is 1.09. The number of fused-ring (bicyclic) bond motifs is 5. The van der Waals surface area contributed by atoms with E-state index < -0.39 is 0 Å². The van der Waals surface area contributed by atoms with Crippen molar-refractivity contribution in [2.24, 2.45) is 5.92 Å². The molecule has 12 heteroatoms. The molecule has 1 N–H and O–H groups in total. The number of likely N-dealkylation sites (N-methyl/N-ethyl adjacent to an activating group) is 1. The maximum atomic E-state index is 12.6. The third-order valence-corrected chi connectivity index (χ3v) is 9.77. The van der Waals surface area contributed by atoms with Crippen LogP contribution >= 0.6 is 11.8 Å². The summed E-state index contributed by atoms with van der Waals surface area (Å²) in [6, 6.07) is 17.9. The van der Waals surface area contributed by atoms with Crippen molar-refractivity contribution in [2.75, 3.05) is 29.9 Å². The van der Waals surface area contributed by atoms with Crippen molar-refractivity contribution >= 4 is 62.0 Å². The summed E-state index contributed by atoms with van der Waals surface area (Å²) in [5, 5.41) is 9.39. The van der Waals surface area contributed by atoms with E-state index in [1.165, 1.54) is 11.8 Å². The van der Waals surface area contributed by atoms with Crippen molar-refractivity contribution in [1.82, 2.24) is 34.5 Å². The fourth-order valence-corrected chi connectivity index (χ4v) is 7.32. The van der Waals surface area contributed by atoms with Crippen molar-refractivity contribution in [2.45, 2.75) is 37.2 Å². The fourth-order valence-electron chi connectivity index (χ4n) is 6.51. The normalized spacial score (nSPS) is 17.2. The van der Waals surface area contributed by atoms with E-state index in [1.54, 1.807) is 12.4 Å². The quantitative estimate of drug-likeness (QED) is 0.143. The molecule has 226 valence electrons. The number of rotatable bonds is 6. The zero-order valence-corrected chi connectivity index (χ0v) is 26.0. The molecule has 2 atom stereocenters. The molecule has 0 radical (unpaired) electrons. The lowest BCUT2D eigenvalue weighted by atomic mass is 9.92. The van der Waals surface area contributed by atoms with Gasteiger partial charge in [-0.2, -0.15) is 9.50 Å². The van der Waals surface area contributed by atoms with Gasteiger partial charge >= 0.3 is 5.63 Å². The molecule has 6 heterocycles. The van der Waals surface area contributed by atoms with Crippen LogP contribution in [-0.2, 0) is 5.75 Å². The van der Waals surface area contributed by atoms with E-state index in [0.29, 0.717) is 28.2 Å². The van der Waals surface area contributed by atoms with Gasteiger partial charge in [0, 0.05) is 60.7 Å². The number of H-pyrrole nitrogens is 1. The van der Waals surface area contributed by atoms with Crippen LogP contribution in [0, 0.1) is 12.8 Å². The minimum Gasteiger partial charge on any atom is -0.422 e. The maximum absolute atomic E-state index is 12.6. The zero-order chi connectivity index (χ0) is 30.7. The van der Waals surface area contributed by atoms with Crippen LogP contribution in [0.3, 0.4) is 0 Å². The summed E-state index contributed by atoms with van der Waals surface area (Å²) in [4.78, 5) is 38.9. The first-order valence-electron chi connectivity index (χ1n) is 15.0. The molecule has 1 fully saturated rings. The second kappa shape index (κ2) is 10.9. The highest BCUT2D eigenvalue weighted by molar-refractivity contribution is 7.98. The molecule has 11 nitrogen and oxygen atoms in total. The third kappa shape index (κ3) is 4.85. The molecule has 0 bridgehead atoms. The van der Waals surface area contributed by atoms with Gasteiger partial charge in [-0.25, -0.2) is 19.7 Å². The number of nitrogens with zero attached hydrogens (tertiary/aromatic N) is 8. The molecule has 0 aliphatic carbocycles. The molecule has 0 spiro atoms. The van der Waals surface area contributed by atoms with Crippen LogP contribution < -0.4 is 15.4 Å². The Labute approximate surface area is 262 Å². The summed E-state index contributed by atoms with van der Waals surface area (Å²) in [7, 11) is 2.12. The molecule has 2 aromatic carbocycles. The Kier molecular flexibility index (Phi) is 6.67. The molecule has 45 heavy (non-hydrogen) atoms. The second-order valence-electron chi connectivity index (χ2n) is 11.7. The molecular weight excluding hydrogens is 586 g/mol. The smallest absolute Gasteiger partial charge is 0.336 e. The fraction of sp³-hybridized carbons (Fsp3) is 0.273. The lowest BCUT2D eigenvalue weighted by Gasteiger charge is -2.43. The summed E-state index contributed by atoms with van der Waals surface area (Å²) in [6.45, 7) is 6.00. The Morgan fingerprint density at radius 1 is 1.07 bits per heavy atom. The number of thioether (sulfide) groups is 1. The number of benzene rings is 2. The van der Waals surface area contributed by atoms with Gasteiger partial charge in [-0.3, -0.25) is 0 Å². The molecule has 0 saturated carbocycles. The lowest BCUT2D eigenvalue weighted by molar-refractivity contribution is 0.365. The van der Waals surface area contributed by atoms with E-state index in [1.807, 2.05) is 54.0 Å². The molecule has 7 aromatic rings. The van der Waals surface area contributed by atoms with E-state index in [4.69, 9.17) is 19.5 Å². The third-order valence-electron chi connectivity index (χ3n) is 8.89. The van der Waals surface area contributed by atoms with Crippen molar-refractivity contribution in [3.05, 3.63) is 88.8 Å². The minimum absolute atomic E-state index is 0.224. The molecule has 0 amide bonds. The van der Waals surface area contributed by atoms with Gasteiger partial charge in [0.15, 0.2) is 0 Å². The van der Waals surface area contributed by atoms with Crippen LogP contribution in [0.25, 0.3) is 38.6 Å². The molecule has 8 rings (SSSR count). The zero-order valence-electron chi connectivity index (χ0n) is 25.1. The van der Waals surface area contributed by atoms with Crippen LogP contribution in [0.1, 0.15) is 24.6 Å². The Bertz CT molecular complexity index is 2280. The van der Waals surface area contributed by atoms with Gasteiger partial charge in [-0.15, -0.1) is 5.10 Å². The number of aromatic nitrogens is 7. The van der Waals surface area contributed by atoms with Crippen molar-refractivity contribution < 1.29 is 4.42 Å². The number of hydrogen-bond acceptors (Lipinski definition) is 10. The van der Waals surface area contributed by atoms with Crippen LogP contribution in [-0.4, -0.2) is 60.7 Å². The van der Waals surface area contributed by atoms with Gasteiger partial charge in [0.05, 0.1) is 11.4 Å². The van der Waals surface area contributed by atoms with E-state index in [2.05, 4.69) is 50.9 Å². The number of anilines is 2. The van der Waals surface area contributed by atoms with E-state index in [0.717, 1.165) is 69.6 Å². The largest absolute Gasteiger partial charge is 0.422 e. The standard InChI is InChI=1S/C33H31N9O2S/c1-19-11-13-41(16-26(19)40(3)31-25-10-12-34-30(25)35-18-36-31)27-14-20(2)37-32-38-33(39-42(27)32)45-17-22-15-28(43)44-29-23-7-5-4-6-21(23)8-9-24(22)29/h4-10,12,14-15,18-19,26H,11,13,16-17H2,1-3H3,(H,34,35,36)/t19-,26+/m1/s1. The van der Waals surface area contributed by atoms with E-state index in [9.17, 15) is 4.79 Å². The van der Waals surface area contributed by atoms with Crippen LogP contribution in [0.5, 0.6) is 0 Å². The van der Waals surface area contributed by atoms with Gasteiger partial charge in [0.25, 0.3) is 5.78 Å². The summed E-state index contributed by atoms with van der Waals surface area (Å²) in [5.41, 5.74) is 2.85. The van der Waals surface area contributed by atoms with Crippen LogP contribution in [0.15, 0.2) is 81.5 Å². The molecule has 1 aliphatic rings. The summed E-state index contributed by atoms with van der Waals surface area (Å²) in [5.74, 6) is 3.43. The number of aromatic amines is 1. The predicted octanol–water partition coefficient (Wildman–Crippen LogP) is 5.61. The highest BCUT2D eigenvalue weighted by atomic mass is 32.2. The monoisotopic (exact) mass is 617 g/mol. The Hall–Kier alpha value is -4.97. The van der Waals surface area contributed by atoms with Crippen LogP contribution in [0.4, 0.5) is 11.6 Å². The van der Waals surface area contributed by atoms with Gasteiger partial charge in [-0.1, -0.05) is 55.1 Å². The first-order valence-corrected chi connectivity index (χ1v) is 16.0. The molecule has 0 unspecified atom stereocenters. The Morgan fingerprint density at radius 2 is 1.96 bits per heavy atom. The first kappa shape index (κ1) is 27.6. The highest BCUT2D eigenvalue weighted by Gasteiger charge is 2.32. The number of nitrogens with one attached hydrogen (secondary N) is 1. The van der Waals surface area contributed by atoms with Gasteiger partial charge in [0.1, 0.15) is 29.2 Å². The minimum atomic E-state index is -0.366. The molecule has 5 aromatic heterocycles. The molecular formula is C33H31N9O2S. The number of aryl methyl sites for hydroxylation is 1. The number of hydrogen-bond donors (Lipinski definition) is 1. The average molecular weight is 618 g/mol. The van der Waals surface area contributed by atoms with E-state index in [-0.39, 0.29) is 11.7 Å². The predicted molar refractivity (Wildman–Crippen MR) is 177 cm³/mol. The maximum Gasteiger partial charge on any atom is 0.336 e. The van der Waals surface area contributed by atoms with Gasteiger partial charge < -0.3 is 19.2 Å². The summed E-state index contributed by atoms with van der Waals surface area (Å²) < 4.78 is 7.51. The first-order chi connectivity index (χ1) is 21.9.